The van der Waals surface area contributed by atoms with Crippen molar-refractivity contribution >= 4 is 29.2 Å². The van der Waals surface area contributed by atoms with Gasteiger partial charge < -0.3 is 15.0 Å². The summed E-state index contributed by atoms with van der Waals surface area (Å²) in [6, 6.07) is 14.0. The molecule has 3 heterocycles. The molecule has 1 N–H and O–H groups in total. The van der Waals surface area contributed by atoms with E-state index in [1.807, 2.05) is 30.5 Å². The van der Waals surface area contributed by atoms with Gasteiger partial charge in [-0.05, 0) is 72.4 Å². The Hall–Kier alpha value is -2.90. The molecule has 0 radical (unpaired) electrons. The van der Waals surface area contributed by atoms with Crippen LogP contribution in [-0.2, 0) is 23.3 Å². The van der Waals surface area contributed by atoms with Crippen molar-refractivity contribution in [2.24, 2.45) is 0 Å². The van der Waals surface area contributed by atoms with Crippen LogP contribution in [0.1, 0.15) is 33.5 Å². The van der Waals surface area contributed by atoms with Crippen LogP contribution in [0.3, 0.4) is 0 Å². The number of anilines is 2. The molecule has 32 heavy (non-hydrogen) atoms. The molecule has 3 aromatic rings. The van der Waals surface area contributed by atoms with Crippen LogP contribution in [-0.4, -0.2) is 42.2 Å². The Morgan fingerprint density at radius 3 is 2.81 bits per heavy atom. The van der Waals surface area contributed by atoms with E-state index in [1.54, 1.807) is 18.0 Å². The highest BCUT2D eigenvalue weighted by Crippen LogP contribution is 2.28. The van der Waals surface area contributed by atoms with Gasteiger partial charge in [-0.15, -0.1) is 11.8 Å². The minimum Gasteiger partial charge on any atom is -0.378 e. The van der Waals surface area contributed by atoms with E-state index in [2.05, 4.69) is 38.4 Å². The van der Waals surface area contributed by atoms with Crippen molar-refractivity contribution in [1.29, 1.82) is 0 Å². The topological polar surface area (TPSA) is 67.4 Å². The zero-order valence-corrected chi connectivity index (χ0v) is 18.7. The molecule has 1 aliphatic carbocycles. The number of hydrogen-bond acceptors (Lipinski definition) is 6. The molecule has 1 fully saturated rings. The number of fused-ring (bicyclic) bond motifs is 1. The van der Waals surface area contributed by atoms with Gasteiger partial charge in [-0.3, -0.25) is 4.79 Å². The summed E-state index contributed by atoms with van der Waals surface area (Å²) >= 11 is 1.57. The fourth-order valence-electron chi connectivity index (χ4n) is 4.19. The first kappa shape index (κ1) is 21.0. The van der Waals surface area contributed by atoms with Gasteiger partial charge in [0.15, 0.2) is 0 Å². The molecular weight excluding hydrogens is 420 g/mol. The van der Waals surface area contributed by atoms with Crippen LogP contribution in [0.2, 0.25) is 0 Å². The van der Waals surface area contributed by atoms with E-state index in [-0.39, 0.29) is 5.91 Å². The summed E-state index contributed by atoms with van der Waals surface area (Å²) in [6.07, 6.45) is 7.00. The van der Waals surface area contributed by atoms with Gasteiger partial charge in [0.2, 0.25) is 0 Å². The maximum Gasteiger partial charge on any atom is 0.258 e. The van der Waals surface area contributed by atoms with Gasteiger partial charge in [0.25, 0.3) is 5.91 Å². The number of morpholine rings is 1. The van der Waals surface area contributed by atoms with Crippen molar-refractivity contribution < 1.29 is 9.53 Å². The summed E-state index contributed by atoms with van der Waals surface area (Å²) in [7, 11) is 0. The monoisotopic (exact) mass is 446 g/mol. The summed E-state index contributed by atoms with van der Waals surface area (Å²) in [5.41, 5.74) is 5.34. The second-order valence-electron chi connectivity index (χ2n) is 8.06. The standard InChI is InChI=1S/C25H26N4O2S/c30-24(28-21-7-6-19-3-1-4-20(19)16-21)22-5-2-9-27-25(22)32-17-18-8-10-26-23(15-18)29-11-13-31-14-12-29/h2,5-10,15-16H,1,3-4,11-14,17H2,(H,28,30). The molecule has 2 aromatic heterocycles. The second-order valence-corrected chi connectivity index (χ2v) is 9.02. The van der Waals surface area contributed by atoms with Crippen LogP contribution in [0.25, 0.3) is 0 Å². The molecule has 1 aromatic carbocycles. The lowest BCUT2D eigenvalue weighted by Crippen LogP contribution is -2.36. The van der Waals surface area contributed by atoms with E-state index in [4.69, 9.17) is 4.74 Å². The van der Waals surface area contributed by atoms with Gasteiger partial charge in [-0.1, -0.05) is 6.07 Å². The predicted molar refractivity (Wildman–Crippen MR) is 127 cm³/mol. The zero-order chi connectivity index (χ0) is 21.8. The SMILES string of the molecule is O=C(Nc1ccc2c(c1)CCC2)c1cccnc1SCc1ccnc(N2CCOCC2)c1. The Morgan fingerprint density at radius 1 is 1.03 bits per heavy atom. The van der Waals surface area contributed by atoms with E-state index in [0.29, 0.717) is 5.56 Å². The summed E-state index contributed by atoms with van der Waals surface area (Å²) in [5.74, 6) is 1.57. The maximum atomic E-state index is 13.0. The molecule has 0 spiro atoms. The van der Waals surface area contributed by atoms with E-state index in [0.717, 1.165) is 67.0 Å². The minimum atomic E-state index is -0.123. The number of pyridine rings is 2. The van der Waals surface area contributed by atoms with Gasteiger partial charge >= 0.3 is 0 Å². The summed E-state index contributed by atoms with van der Waals surface area (Å²) in [5, 5.41) is 3.79. The lowest BCUT2D eigenvalue weighted by atomic mass is 10.1. The molecule has 5 rings (SSSR count). The van der Waals surface area contributed by atoms with Crippen molar-refractivity contribution in [3.63, 3.8) is 0 Å². The van der Waals surface area contributed by atoms with E-state index in [1.165, 1.54) is 17.5 Å². The number of nitrogens with zero attached hydrogens (tertiary/aromatic N) is 3. The van der Waals surface area contributed by atoms with Crippen LogP contribution in [0, 0.1) is 0 Å². The Balaban J connectivity index is 1.27. The molecule has 1 aliphatic heterocycles. The Kier molecular flexibility index (Phi) is 6.36. The number of thioether (sulfide) groups is 1. The van der Waals surface area contributed by atoms with Crippen molar-refractivity contribution in [2.75, 3.05) is 36.5 Å². The van der Waals surface area contributed by atoms with Crippen molar-refractivity contribution in [3.8, 4) is 0 Å². The fourth-order valence-corrected chi connectivity index (χ4v) is 5.13. The van der Waals surface area contributed by atoms with Crippen LogP contribution in [0.5, 0.6) is 0 Å². The number of carbonyl (C=O) groups is 1. The van der Waals surface area contributed by atoms with E-state index in [9.17, 15) is 4.79 Å². The van der Waals surface area contributed by atoms with Crippen LogP contribution < -0.4 is 10.2 Å². The van der Waals surface area contributed by atoms with Crippen molar-refractivity contribution in [1.82, 2.24) is 9.97 Å². The lowest BCUT2D eigenvalue weighted by Gasteiger charge is -2.28. The molecule has 0 unspecified atom stereocenters. The summed E-state index contributed by atoms with van der Waals surface area (Å²) in [6.45, 7) is 3.18. The molecule has 1 amide bonds. The van der Waals surface area contributed by atoms with Gasteiger partial charge in [-0.25, -0.2) is 9.97 Å². The third kappa shape index (κ3) is 4.79. The first-order valence-corrected chi connectivity index (χ1v) is 12.0. The molecule has 6 nitrogen and oxygen atoms in total. The summed E-state index contributed by atoms with van der Waals surface area (Å²) in [4.78, 5) is 24.3. The largest absolute Gasteiger partial charge is 0.378 e. The average Bonchev–Trinajstić information content (AvgIpc) is 3.32. The second kappa shape index (κ2) is 9.71. The predicted octanol–water partition coefficient (Wildman–Crippen LogP) is 4.35. The molecule has 164 valence electrons. The first-order chi connectivity index (χ1) is 15.8. The van der Waals surface area contributed by atoms with Gasteiger partial charge in [0, 0.05) is 36.9 Å². The Bertz CT molecular complexity index is 1110. The van der Waals surface area contributed by atoms with Gasteiger partial charge in [0.1, 0.15) is 10.8 Å². The number of nitrogens with one attached hydrogen (secondary N) is 1. The Morgan fingerprint density at radius 2 is 1.91 bits per heavy atom. The lowest BCUT2D eigenvalue weighted by molar-refractivity contribution is 0.102. The minimum absolute atomic E-state index is 0.123. The average molecular weight is 447 g/mol. The summed E-state index contributed by atoms with van der Waals surface area (Å²) < 4.78 is 5.44. The smallest absolute Gasteiger partial charge is 0.258 e. The molecule has 0 bridgehead atoms. The molecule has 7 heteroatoms. The molecule has 0 saturated carbocycles. The normalized spacial score (nSPS) is 15.4. The highest BCUT2D eigenvalue weighted by Gasteiger charge is 2.16. The molecule has 1 saturated heterocycles. The number of benzene rings is 1. The van der Waals surface area contributed by atoms with Crippen LogP contribution in [0.15, 0.2) is 59.9 Å². The third-order valence-corrected chi connectivity index (χ3v) is 6.97. The highest BCUT2D eigenvalue weighted by atomic mass is 32.2. The number of aryl methyl sites for hydroxylation is 2. The van der Waals surface area contributed by atoms with E-state index < -0.39 is 0 Å². The third-order valence-electron chi connectivity index (χ3n) is 5.89. The van der Waals surface area contributed by atoms with Crippen molar-refractivity contribution in [2.45, 2.75) is 30.0 Å². The van der Waals surface area contributed by atoms with Crippen LogP contribution in [0.4, 0.5) is 11.5 Å². The molecular formula is C25H26N4O2S. The number of carbonyl (C=O) groups excluding carboxylic acids is 1. The molecule has 0 atom stereocenters. The van der Waals surface area contributed by atoms with Gasteiger partial charge in [0.05, 0.1) is 18.8 Å². The number of amides is 1. The van der Waals surface area contributed by atoms with Crippen LogP contribution >= 0.6 is 11.8 Å². The quantitative estimate of drug-likeness (QED) is 0.568. The number of aromatic nitrogens is 2. The Labute approximate surface area is 192 Å². The van der Waals surface area contributed by atoms with E-state index >= 15 is 0 Å². The van der Waals surface area contributed by atoms with Crippen molar-refractivity contribution in [3.05, 3.63) is 77.1 Å². The molecule has 2 aliphatic rings. The number of hydrogen-bond donors (Lipinski definition) is 1. The number of ether oxygens (including phenoxy) is 1. The number of rotatable bonds is 6. The van der Waals surface area contributed by atoms with Gasteiger partial charge in [-0.2, -0.15) is 0 Å². The fraction of sp³-hybridized carbons (Fsp3) is 0.320. The zero-order valence-electron chi connectivity index (χ0n) is 17.9. The first-order valence-electron chi connectivity index (χ1n) is 11.0. The highest BCUT2D eigenvalue weighted by molar-refractivity contribution is 7.98. The maximum absolute atomic E-state index is 13.0.